The third kappa shape index (κ3) is 1.94. The fourth-order valence-electron chi connectivity index (χ4n) is 1.04. The quantitative estimate of drug-likeness (QED) is 0.697. The number of anilines is 1. The van der Waals surface area contributed by atoms with Gasteiger partial charge in [-0.2, -0.15) is 5.10 Å². The van der Waals surface area contributed by atoms with E-state index in [2.05, 4.69) is 10.5 Å². The fraction of sp³-hybridized carbons (Fsp3) is 0. The number of para-hydroxylation sites is 1. The Bertz CT molecular complexity index is 318. The number of hydrazone groups is 1. The molecule has 1 aromatic rings. The summed E-state index contributed by atoms with van der Waals surface area (Å²) in [5.74, 6) is 0. The van der Waals surface area contributed by atoms with Crippen LogP contribution in [0.5, 0.6) is 0 Å². The maximum atomic E-state index is 3.95. The number of benzene rings is 1. The molecule has 2 nitrogen and oxygen atoms in total. The van der Waals surface area contributed by atoms with Crippen molar-refractivity contribution in [2.24, 2.45) is 5.10 Å². The molecule has 0 fully saturated rings. The number of allylic oxidation sites excluding steroid dienone is 1. The van der Waals surface area contributed by atoms with Crippen LogP contribution in [-0.4, -0.2) is 33.5 Å². The molecule has 0 aromatic heterocycles. The zero-order valence-electron chi connectivity index (χ0n) is 6.70. The van der Waals surface area contributed by atoms with E-state index in [1.807, 2.05) is 36.4 Å². The van der Waals surface area contributed by atoms with Crippen LogP contribution in [0.15, 0.2) is 35.4 Å². The molecule has 2 rings (SSSR count). The summed E-state index contributed by atoms with van der Waals surface area (Å²) in [7, 11) is 0. The molecule has 0 saturated heterocycles. The Labute approximate surface area is 91.5 Å². The maximum absolute atomic E-state index is 3.95. The Morgan fingerprint density at radius 1 is 1.17 bits per heavy atom. The van der Waals surface area contributed by atoms with Crippen molar-refractivity contribution in [3.63, 3.8) is 0 Å². The minimum absolute atomic E-state index is 0. The van der Waals surface area contributed by atoms with Gasteiger partial charge in [0, 0.05) is 6.21 Å². The Morgan fingerprint density at radius 2 is 2.00 bits per heavy atom. The number of nitrogens with one attached hydrogen (secondary N) is 1. The summed E-state index contributed by atoms with van der Waals surface area (Å²) in [6, 6.07) is 8.05. The Kier molecular flexibility index (Phi) is 3.46. The SMILES string of the molecule is C1=Cc2ccccc2NN=C1.[PbH2]. The van der Waals surface area contributed by atoms with Gasteiger partial charge in [0.2, 0.25) is 0 Å². The molecule has 0 bridgehead atoms. The molecule has 0 saturated carbocycles. The standard InChI is InChI=1S/C9H8N2.Pb.2H/c1-2-6-9-8(4-1)5-3-7-10-11-9;;;/h1-7,11H;;;. The second-order valence-electron chi connectivity index (χ2n) is 2.34. The summed E-state index contributed by atoms with van der Waals surface area (Å²) in [5.41, 5.74) is 5.16. The van der Waals surface area contributed by atoms with Gasteiger partial charge in [0.15, 0.2) is 0 Å². The number of hydrogen-bond donors (Lipinski definition) is 1. The Hall–Kier alpha value is -0.648. The van der Waals surface area contributed by atoms with Crippen LogP contribution in [0.25, 0.3) is 6.08 Å². The fourth-order valence-corrected chi connectivity index (χ4v) is 1.04. The van der Waals surface area contributed by atoms with Crippen molar-refractivity contribution in [2.75, 3.05) is 5.43 Å². The van der Waals surface area contributed by atoms with E-state index in [0.717, 1.165) is 5.69 Å². The summed E-state index contributed by atoms with van der Waals surface area (Å²) >= 11 is 0. The van der Waals surface area contributed by atoms with Crippen LogP contribution < -0.4 is 5.43 Å². The van der Waals surface area contributed by atoms with E-state index in [0.29, 0.717) is 0 Å². The van der Waals surface area contributed by atoms with Crippen molar-refractivity contribution in [3.05, 3.63) is 35.9 Å². The molecule has 1 aromatic carbocycles. The zero-order valence-corrected chi connectivity index (χ0v) is 12.2. The van der Waals surface area contributed by atoms with E-state index < -0.39 is 0 Å². The number of rotatable bonds is 0. The van der Waals surface area contributed by atoms with Gasteiger partial charge in [-0.25, -0.2) is 0 Å². The molecule has 0 aliphatic carbocycles. The van der Waals surface area contributed by atoms with Gasteiger partial charge in [-0.3, -0.25) is 5.43 Å². The Balaban J connectivity index is 0.000000720. The first-order valence-electron chi connectivity index (χ1n) is 3.51. The molecule has 1 aliphatic rings. The second kappa shape index (κ2) is 4.40. The van der Waals surface area contributed by atoms with E-state index in [9.17, 15) is 0 Å². The average Bonchev–Trinajstić information content (AvgIpc) is 2.28. The molecular formula is C9H10N2Pb. The first-order valence-corrected chi connectivity index (χ1v) is 3.51. The first-order chi connectivity index (χ1) is 5.47. The predicted octanol–water partition coefficient (Wildman–Crippen LogP) is 1.19. The molecule has 12 heavy (non-hydrogen) atoms. The molecule has 3 heteroatoms. The molecule has 60 valence electrons. The van der Waals surface area contributed by atoms with Crippen molar-refractivity contribution in [2.45, 2.75) is 0 Å². The van der Waals surface area contributed by atoms with Crippen LogP contribution in [0.1, 0.15) is 5.56 Å². The normalized spacial score (nSPS) is 12.3. The first kappa shape index (κ1) is 9.44. The van der Waals surface area contributed by atoms with Crippen LogP contribution in [-0.2, 0) is 0 Å². The van der Waals surface area contributed by atoms with Crippen LogP contribution in [0.4, 0.5) is 5.69 Å². The van der Waals surface area contributed by atoms with E-state index in [-0.39, 0.29) is 27.3 Å². The van der Waals surface area contributed by atoms with E-state index >= 15 is 0 Å². The third-order valence-electron chi connectivity index (χ3n) is 1.58. The van der Waals surface area contributed by atoms with E-state index in [4.69, 9.17) is 0 Å². The number of nitrogens with zero attached hydrogens (tertiary/aromatic N) is 1. The van der Waals surface area contributed by atoms with Crippen molar-refractivity contribution in [3.8, 4) is 0 Å². The van der Waals surface area contributed by atoms with Gasteiger partial charge in [0.1, 0.15) is 0 Å². The molecule has 2 radical (unpaired) electrons. The molecular weight excluding hydrogens is 343 g/mol. The predicted molar refractivity (Wildman–Crippen MR) is 56.1 cm³/mol. The molecule has 1 N–H and O–H groups in total. The van der Waals surface area contributed by atoms with Gasteiger partial charge < -0.3 is 0 Å². The molecule has 0 amide bonds. The summed E-state index contributed by atoms with van der Waals surface area (Å²) in [6.45, 7) is 0. The molecule has 1 heterocycles. The third-order valence-corrected chi connectivity index (χ3v) is 1.58. The monoisotopic (exact) mass is 354 g/mol. The number of fused-ring (bicyclic) bond motifs is 1. The molecule has 0 unspecified atom stereocenters. The summed E-state index contributed by atoms with van der Waals surface area (Å²) in [6.07, 6.45) is 5.68. The Morgan fingerprint density at radius 3 is 2.92 bits per heavy atom. The van der Waals surface area contributed by atoms with E-state index in [1.54, 1.807) is 6.21 Å². The topological polar surface area (TPSA) is 24.4 Å². The second-order valence-corrected chi connectivity index (χ2v) is 2.34. The van der Waals surface area contributed by atoms with Crippen LogP contribution in [0.2, 0.25) is 0 Å². The summed E-state index contributed by atoms with van der Waals surface area (Å²) in [5, 5.41) is 3.95. The molecule has 0 atom stereocenters. The van der Waals surface area contributed by atoms with Gasteiger partial charge in [0.05, 0.1) is 5.69 Å². The average molecular weight is 353 g/mol. The van der Waals surface area contributed by atoms with Gasteiger partial charge >= 0.3 is 27.3 Å². The van der Waals surface area contributed by atoms with Gasteiger partial charge in [0.25, 0.3) is 0 Å². The minimum atomic E-state index is 0. The summed E-state index contributed by atoms with van der Waals surface area (Å²) in [4.78, 5) is 0. The van der Waals surface area contributed by atoms with E-state index in [1.165, 1.54) is 5.56 Å². The van der Waals surface area contributed by atoms with Crippen LogP contribution >= 0.6 is 0 Å². The van der Waals surface area contributed by atoms with Crippen molar-refractivity contribution in [1.82, 2.24) is 0 Å². The molecule has 1 aliphatic heterocycles. The van der Waals surface area contributed by atoms with Gasteiger partial charge in [-0.1, -0.05) is 24.3 Å². The number of hydrogen-bond acceptors (Lipinski definition) is 2. The van der Waals surface area contributed by atoms with Gasteiger partial charge in [-0.05, 0) is 17.7 Å². The van der Waals surface area contributed by atoms with Crippen LogP contribution in [0.3, 0.4) is 0 Å². The van der Waals surface area contributed by atoms with Crippen molar-refractivity contribution < 1.29 is 0 Å². The van der Waals surface area contributed by atoms with Crippen molar-refractivity contribution >= 4 is 45.3 Å². The summed E-state index contributed by atoms with van der Waals surface area (Å²) < 4.78 is 0. The van der Waals surface area contributed by atoms with Gasteiger partial charge in [-0.15, -0.1) is 0 Å². The van der Waals surface area contributed by atoms with Crippen LogP contribution in [0, 0.1) is 0 Å². The van der Waals surface area contributed by atoms with Crippen molar-refractivity contribution in [1.29, 1.82) is 0 Å². The molecule has 0 spiro atoms. The zero-order chi connectivity index (χ0) is 7.52.